The van der Waals surface area contributed by atoms with Gasteiger partial charge in [-0.3, -0.25) is 9.79 Å². The van der Waals surface area contributed by atoms with Gasteiger partial charge in [0.15, 0.2) is 17.5 Å². The molecule has 3 N–H and O–H groups in total. The molecule has 0 spiro atoms. The van der Waals surface area contributed by atoms with E-state index in [-0.39, 0.29) is 42.4 Å². The standard InChI is InChI=1S/C21H26N4O4.HI/c1-3-22-21(24-11-10-23-20(27)16-5-7-17(26)8-6-16)25(2)13-15-4-9-18-19(12-15)29-14-28-18;/h4-9,12,26H,3,10-11,13-14H2,1-2H3,(H,22,24)(H,23,27);1H. The summed E-state index contributed by atoms with van der Waals surface area (Å²) in [6.45, 7) is 4.52. The zero-order valence-electron chi connectivity index (χ0n) is 17.1. The fourth-order valence-corrected chi connectivity index (χ4v) is 2.90. The molecule has 0 unspecified atom stereocenters. The Morgan fingerprint density at radius 1 is 1.13 bits per heavy atom. The first-order valence-corrected chi connectivity index (χ1v) is 9.52. The highest BCUT2D eigenvalue weighted by molar-refractivity contribution is 14.0. The van der Waals surface area contributed by atoms with Crippen molar-refractivity contribution in [2.75, 3.05) is 33.5 Å². The van der Waals surface area contributed by atoms with E-state index in [4.69, 9.17) is 9.47 Å². The normalized spacial score (nSPS) is 12.1. The molecule has 0 aromatic heterocycles. The monoisotopic (exact) mass is 526 g/mol. The van der Waals surface area contributed by atoms with Gasteiger partial charge in [0.2, 0.25) is 6.79 Å². The number of carbonyl (C=O) groups is 1. The fourth-order valence-electron chi connectivity index (χ4n) is 2.90. The van der Waals surface area contributed by atoms with Crippen LogP contribution in [-0.4, -0.2) is 55.3 Å². The number of aliphatic imine (C=N–C) groups is 1. The Hall–Kier alpha value is -2.69. The Morgan fingerprint density at radius 3 is 2.60 bits per heavy atom. The van der Waals surface area contributed by atoms with Crippen molar-refractivity contribution in [2.45, 2.75) is 13.5 Å². The smallest absolute Gasteiger partial charge is 0.251 e. The van der Waals surface area contributed by atoms with E-state index in [2.05, 4.69) is 15.6 Å². The van der Waals surface area contributed by atoms with Crippen molar-refractivity contribution in [3.05, 3.63) is 53.6 Å². The number of phenols is 1. The summed E-state index contributed by atoms with van der Waals surface area (Å²) in [6, 6.07) is 12.0. The number of halogens is 1. The number of carbonyl (C=O) groups excluding carboxylic acids is 1. The molecule has 0 aliphatic carbocycles. The summed E-state index contributed by atoms with van der Waals surface area (Å²) >= 11 is 0. The molecule has 8 nitrogen and oxygen atoms in total. The maximum atomic E-state index is 12.1. The van der Waals surface area contributed by atoms with Crippen molar-refractivity contribution in [1.82, 2.24) is 15.5 Å². The van der Waals surface area contributed by atoms with Crippen LogP contribution >= 0.6 is 24.0 Å². The molecule has 9 heteroatoms. The van der Waals surface area contributed by atoms with E-state index >= 15 is 0 Å². The lowest BCUT2D eigenvalue weighted by Gasteiger charge is -2.22. The summed E-state index contributed by atoms with van der Waals surface area (Å²) in [5.74, 6) is 2.21. The third-order valence-corrected chi connectivity index (χ3v) is 4.34. The largest absolute Gasteiger partial charge is 0.508 e. The molecule has 1 heterocycles. The number of benzene rings is 2. The van der Waals surface area contributed by atoms with E-state index in [1.165, 1.54) is 12.1 Å². The molecule has 0 atom stereocenters. The van der Waals surface area contributed by atoms with Crippen LogP contribution in [0.25, 0.3) is 0 Å². The number of phenolic OH excluding ortho intramolecular Hbond substituents is 1. The molecule has 0 radical (unpaired) electrons. The molecule has 0 saturated carbocycles. The summed E-state index contributed by atoms with van der Waals surface area (Å²) in [5, 5.41) is 15.4. The summed E-state index contributed by atoms with van der Waals surface area (Å²) in [7, 11) is 1.96. The molecule has 1 aliphatic rings. The van der Waals surface area contributed by atoms with Gasteiger partial charge in [0.1, 0.15) is 5.75 Å². The molecule has 162 valence electrons. The Kier molecular flexibility index (Phi) is 9.03. The van der Waals surface area contributed by atoms with Crippen molar-refractivity contribution in [2.24, 2.45) is 4.99 Å². The highest BCUT2D eigenvalue weighted by Crippen LogP contribution is 2.32. The predicted octanol–water partition coefficient (Wildman–Crippen LogP) is 2.57. The molecular formula is C21H27IN4O4. The van der Waals surface area contributed by atoms with Crippen LogP contribution in [-0.2, 0) is 6.54 Å². The lowest BCUT2D eigenvalue weighted by atomic mass is 10.2. The summed E-state index contributed by atoms with van der Waals surface area (Å²) in [6.07, 6.45) is 0. The molecule has 0 fully saturated rings. The molecule has 1 aliphatic heterocycles. The third-order valence-electron chi connectivity index (χ3n) is 4.34. The second kappa shape index (κ2) is 11.5. The quantitative estimate of drug-likeness (QED) is 0.222. The number of fused-ring (bicyclic) bond motifs is 1. The Labute approximate surface area is 193 Å². The van der Waals surface area contributed by atoms with Crippen LogP contribution in [0.5, 0.6) is 17.2 Å². The van der Waals surface area contributed by atoms with Crippen LogP contribution in [0.2, 0.25) is 0 Å². The number of aromatic hydroxyl groups is 1. The van der Waals surface area contributed by atoms with Gasteiger partial charge in [0, 0.05) is 32.2 Å². The van der Waals surface area contributed by atoms with E-state index in [9.17, 15) is 9.90 Å². The van der Waals surface area contributed by atoms with Crippen LogP contribution in [0.1, 0.15) is 22.8 Å². The van der Waals surface area contributed by atoms with Crippen LogP contribution in [0.3, 0.4) is 0 Å². The maximum absolute atomic E-state index is 12.1. The molecule has 2 aromatic carbocycles. The minimum atomic E-state index is -0.195. The third kappa shape index (κ3) is 6.41. The summed E-state index contributed by atoms with van der Waals surface area (Å²) in [5.41, 5.74) is 1.58. The molecule has 1 amide bonds. The van der Waals surface area contributed by atoms with Crippen molar-refractivity contribution in [1.29, 1.82) is 0 Å². The zero-order valence-corrected chi connectivity index (χ0v) is 19.4. The van der Waals surface area contributed by atoms with E-state index in [1.807, 2.05) is 37.1 Å². The van der Waals surface area contributed by atoms with E-state index in [0.717, 1.165) is 29.6 Å². The van der Waals surface area contributed by atoms with Gasteiger partial charge >= 0.3 is 0 Å². The summed E-state index contributed by atoms with van der Waals surface area (Å²) < 4.78 is 10.8. The average molecular weight is 526 g/mol. The second-order valence-electron chi connectivity index (χ2n) is 6.58. The number of amides is 1. The first kappa shape index (κ1) is 23.6. The van der Waals surface area contributed by atoms with Crippen LogP contribution in [0.4, 0.5) is 0 Å². The average Bonchev–Trinajstić information content (AvgIpc) is 3.18. The van der Waals surface area contributed by atoms with Crippen LogP contribution in [0, 0.1) is 0 Å². The number of nitrogens with one attached hydrogen (secondary N) is 2. The Morgan fingerprint density at radius 2 is 1.87 bits per heavy atom. The molecule has 30 heavy (non-hydrogen) atoms. The SMILES string of the molecule is CCNC(=NCCNC(=O)c1ccc(O)cc1)N(C)Cc1ccc2c(c1)OCO2.I. The Bertz CT molecular complexity index is 874. The van der Waals surface area contributed by atoms with E-state index < -0.39 is 0 Å². The van der Waals surface area contributed by atoms with Crippen molar-refractivity contribution >= 4 is 35.8 Å². The highest BCUT2D eigenvalue weighted by Gasteiger charge is 2.14. The van der Waals surface area contributed by atoms with Crippen LogP contribution < -0.4 is 20.1 Å². The lowest BCUT2D eigenvalue weighted by molar-refractivity contribution is 0.0954. The molecule has 3 rings (SSSR count). The minimum Gasteiger partial charge on any atom is -0.508 e. The number of guanidine groups is 1. The minimum absolute atomic E-state index is 0. The van der Waals surface area contributed by atoms with Crippen molar-refractivity contribution < 1.29 is 19.4 Å². The molecule has 2 aromatic rings. The number of nitrogens with zero attached hydrogens (tertiary/aromatic N) is 2. The Balaban J connectivity index is 0.00000320. The maximum Gasteiger partial charge on any atom is 0.251 e. The number of hydrogen-bond donors (Lipinski definition) is 3. The number of ether oxygens (including phenoxy) is 2. The summed E-state index contributed by atoms with van der Waals surface area (Å²) in [4.78, 5) is 18.7. The number of rotatable bonds is 7. The number of hydrogen-bond acceptors (Lipinski definition) is 5. The van der Waals surface area contributed by atoms with Crippen molar-refractivity contribution in [3.8, 4) is 17.2 Å². The van der Waals surface area contributed by atoms with Gasteiger partial charge in [-0.05, 0) is 48.9 Å². The topological polar surface area (TPSA) is 95.4 Å². The second-order valence-corrected chi connectivity index (χ2v) is 6.58. The molecular weight excluding hydrogens is 499 g/mol. The van der Waals surface area contributed by atoms with E-state index in [0.29, 0.717) is 25.2 Å². The predicted molar refractivity (Wildman–Crippen MR) is 126 cm³/mol. The van der Waals surface area contributed by atoms with Gasteiger partial charge in [0.05, 0.1) is 6.54 Å². The molecule has 0 bridgehead atoms. The first-order chi connectivity index (χ1) is 14.1. The van der Waals surface area contributed by atoms with Crippen molar-refractivity contribution in [3.63, 3.8) is 0 Å². The van der Waals surface area contributed by atoms with Gasteiger partial charge in [-0.15, -0.1) is 24.0 Å². The van der Waals surface area contributed by atoms with Gasteiger partial charge in [-0.25, -0.2) is 0 Å². The van der Waals surface area contributed by atoms with E-state index in [1.54, 1.807) is 12.1 Å². The van der Waals surface area contributed by atoms with Gasteiger partial charge in [-0.1, -0.05) is 6.07 Å². The first-order valence-electron chi connectivity index (χ1n) is 9.52. The van der Waals surface area contributed by atoms with Crippen LogP contribution in [0.15, 0.2) is 47.5 Å². The highest BCUT2D eigenvalue weighted by atomic mass is 127. The van der Waals surface area contributed by atoms with Gasteiger partial charge < -0.3 is 30.1 Å². The fraction of sp³-hybridized carbons (Fsp3) is 0.333. The van der Waals surface area contributed by atoms with Gasteiger partial charge in [-0.2, -0.15) is 0 Å². The lowest BCUT2D eigenvalue weighted by Crippen LogP contribution is -2.39. The molecule has 0 saturated heterocycles. The zero-order chi connectivity index (χ0) is 20.6. The van der Waals surface area contributed by atoms with Gasteiger partial charge in [0.25, 0.3) is 5.91 Å².